The molecule has 20 heavy (non-hydrogen) atoms. The highest BCUT2D eigenvalue weighted by Gasteiger charge is 2.12. The lowest BCUT2D eigenvalue weighted by Crippen LogP contribution is -2.04. The molecular formula is C16H15IO3. The fourth-order valence-electron chi connectivity index (χ4n) is 1.85. The van der Waals surface area contributed by atoms with Crippen LogP contribution in [0, 0.1) is 17.4 Å². The Labute approximate surface area is 131 Å². The van der Waals surface area contributed by atoms with Crippen molar-refractivity contribution < 1.29 is 14.6 Å². The molecule has 0 bridgehead atoms. The van der Waals surface area contributed by atoms with Crippen molar-refractivity contribution >= 4 is 28.6 Å². The monoisotopic (exact) mass is 382 g/mol. The minimum atomic E-state index is -0.974. The van der Waals surface area contributed by atoms with Gasteiger partial charge in [-0.1, -0.05) is 18.2 Å². The second-order valence-electron chi connectivity index (χ2n) is 4.65. The summed E-state index contributed by atoms with van der Waals surface area (Å²) in [4.78, 5) is 11.2. The zero-order valence-corrected chi connectivity index (χ0v) is 13.5. The Morgan fingerprint density at radius 1 is 1.15 bits per heavy atom. The Morgan fingerprint density at radius 3 is 2.55 bits per heavy atom. The van der Waals surface area contributed by atoms with Crippen molar-refractivity contribution in [1.82, 2.24) is 0 Å². The zero-order chi connectivity index (χ0) is 14.7. The van der Waals surface area contributed by atoms with Crippen molar-refractivity contribution in [2.45, 2.75) is 20.5 Å². The van der Waals surface area contributed by atoms with E-state index in [0.717, 1.165) is 9.13 Å². The molecule has 0 aliphatic heterocycles. The molecular weight excluding hydrogens is 367 g/mol. The molecule has 3 nitrogen and oxygen atoms in total. The number of carbonyl (C=O) groups is 1. The molecule has 0 aromatic heterocycles. The van der Waals surface area contributed by atoms with Crippen LogP contribution >= 0.6 is 22.6 Å². The van der Waals surface area contributed by atoms with Gasteiger partial charge in [-0.2, -0.15) is 0 Å². The van der Waals surface area contributed by atoms with E-state index in [2.05, 4.69) is 35.6 Å². The summed E-state index contributed by atoms with van der Waals surface area (Å²) in [7, 11) is 0. The van der Waals surface area contributed by atoms with Crippen LogP contribution in [0.1, 0.15) is 27.0 Å². The van der Waals surface area contributed by atoms with Gasteiger partial charge in [-0.3, -0.25) is 0 Å². The molecule has 0 amide bonds. The number of aryl methyl sites for hydroxylation is 2. The van der Waals surface area contributed by atoms with Gasteiger partial charge in [0.05, 0.1) is 0 Å². The molecule has 0 saturated carbocycles. The van der Waals surface area contributed by atoms with Gasteiger partial charge in [-0.25, -0.2) is 4.79 Å². The second-order valence-corrected chi connectivity index (χ2v) is 5.90. The maximum Gasteiger partial charge on any atom is 0.339 e. The number of carboxylic acids is 1. The molecule has 0 spiro atoms. The highest BCUT2D eigenvalue weighted by Crippen LogP contribution is 2.22. The van der Waals surface area contributed by atoms with E-state index in [-0.39, 0.29) is 5.56 Å². The van der Waals surface area contributed by atoms with Crippen molar-refractivity contribution in [3.63, 3.8) is 0 Å². The Hall–Kier alpha value is -1.56. The fraction of sp³-hybridized carbons (Fsp3) is 0.188. The normalized spacial score (nSPS) is 10.3. The van der Waals surface area contributed by atoms with E-state index >= 15 is 0 Å². The summed E-state index contributed by atoms with van der Waals surface area (Å²) in [5.74, 6) is -0.574. The minimum absolute atomic E-state index is 0.195. The van der Waals surface area contributed by atoms with Crippen LogP contribution in [0.4, 0.5) is 0 Å². The first-order valence-electron chi connectivity index (χ1n) is 6.19. The molecule has 0 aliphatic rings. The third-order valence-corrected chi connectivity index (χ3v) is 3.81. The van der Waals surface area contributed by atoms with E-state index in [0.29, 0.717) is 12.4 Å². The Bertz CT molecular complexity index is 650. The van der Waals surface area contributed by atoms with Crippen LogP contribution < -0.4 is 4.74 Å². The number of ether oxygens (including phenoxy) is 1. The predicted molar refractivity (Wildman–Crippen MR) is 86.4 cm³/mol. The van der Waals surface area contributed by atoms with Crippen molar-refractivity contribution in [2.75, 3.05) is 0 Å². The number of carboxylic acid groups (broad SMARTS) is 1. The third kappa shape index (κ3) is 3.50. The summed E-state index contributed by atoms with van der Waals surface area (Å²) in [5.41, 5.74) is 3.66. The third-order valence-electron chi connectivity index (χ3n) is 3.14. The number of hydrogen-bond donors (Lipinski definition) is 1. The Kier molecular flexibility index (Phi) is 4.65. The Morgan fingerprint density at radius 2 is 1.90 bits per heavy atom. The van der Waals surface area contributed by atoms with Crippen molar-refractivity contribution in [2.24, 2.45) is 0 Å². The average molecular weight is 382 g/mol. The lowest BCUT2D eigenvalue weighted by atomic mass is 10.1. The van der Waals surface area contributed by atoms with Crippen molar-refractivity contribution in [3.05, 3.63) is 62.2 Å². The lowest BCUT2D eigenvalue weighted by Gasteiger charge is -2.10. The van der Waals surface area contributed by atoms with Crippen LogP contribution in [-0.2, 0) is 6.61 Å². The van der Waals surface area contributed by atoms with E-state index in [4.69, 9.17) is 4.74 Å². The zero-order valence-electron chi connectivity index (χ0n) is 11.3. The van der Waals surface area contributed by atoms with E-state index in [9.17, 15) is 9.90 Å². The van der Waals surface area contributed by atoms with Gasteiger partial charge in [0.1, 0.15) is 17.9 Å². The van der Waals surface area contributed by atoms with Gasteiger partial charge in [0.15, 0.2) is 0 Å². The molecule has 2 aromatic rings. The molecule has 4 heteroatoms. The van der Waals surface area contributed by atoms with Crippen LogP contribution in [-0.4, -0.2) is 11.1 Å². The molecule has 0 fully saturated rings. The molecule has 0 aliphatic carbocycles. The van der Waals surface area contributed by atoms with Crippen LogP contribution in [0.2, 0.25) is 0 Å². The Balaban J connectivity index is 2.18. The van der Waals surface area contributed by atoms with Gasteiger partial charge in [0.2, 0.25) is 0 Å². The second kappa shape index (κ2) is 6.26. The largest absolute Gasteiger partial charge is 0.488 e. The molecule has 0 saturated heterocycles. The smallest absolute Gasteiger partial charge is 0.339 e. The SMILES string of the molecule is Cc1ccc(COc2ccc(I)cc2C(=O)O)cc1C. The molecule has 104 valence electrons. The summed E-state index contributed by atoms with van der Waals surface area (Å²) in [6.45, 7) is 4.47. The van der Waals surface area contributed by atoms with Crippen LogP contribution in [0.5, 0.6) is 5.75 Å². The summed E-state index contributed by atoms with van der Waals surface area (Å²) in [6.07, 6.45) is 0. The highest BCUT2D eigenvalue weighted by molar-refractivity contribution is 14.1. The van der Waals surface area contributed by atoms with Crippen molar-refractivity contribution in [3.8, 4) is 5.75 Å². The molecule has 0 unspecified atom stereocenters. The lowest BCUT2D eigenvalue weighted by molar-refractivity contribution is 0.0691. The predicted octanol–water partition coefficient (Wildman–Crippen LogP) is 4.19. The average Bonchev–Trinajstić information content (AvgIpc) is 2.41. The van der Waals surface area contributed by atoms with Gasteiger partial charge in [-0.05, 0) is 71.3 Å². The highest BCUT2D eigenvalue weighted by atomic mass is 127. The van der Waals surface area contributed by atoms with E-state index in [1.54, 1.807) is 12.1 Å². The maximum atomic E-state index is 11.2. The summed E-state index contributed by atoms with van der Waals surface area (Å²) in [5, 5.41) is 9.18. The van der Waals surface area contributed by atoms with Gasteiger partial charge >= 0.3 is 5.97 Å². The first-order valence-corrected chi connectivity index (χ1v) is 7.27. The molecule has 0 heterocycles. The fourth-order valence-corrected chi connectivity index (χ4v) is 2.34. The number of hydrogen-bond acceptors (Lipinski definition) is 2. The summed E-state index contributed by atoms with van der Waals surface area (Å²) < 4.78 is 6.52. The number of benzene rings is 2. The van der Waals surface area contributed by atoms with E-state index < -0.39 is 5.97 Å². The van der Waals surface area contributed by atoms with E-state index in [1.165, 1.54) is 11.1 Å². The number of halogens is 1. The maximum absolute atomic E-state index is 11.2. The van der Waals surface area contributed by atoms with Crippen LogP contribution in [0.15, 0.2) is 36.4 Å². The van der Waals surface area contributed by atoms with Gasteiger partial charge in [0, 0.05) is 3.57 Å². The molecule has 2 rings (SSSR count). The first kappa shape index (κ1) is 14.8. The topological polar surface area (TPSA) is 46.5 Å². The number of aromatic carboxylic acids is 1. The van der Waals surface area contributed by atoms with Crippen LogP contribution in [0.3, 0.4) is 0 Å². The van der Waals surface area contributed by atoms with Gasteiger partial charge in [0.25, 0.3) is 0 Å². The van der Waals surface area contributed by atoms with Gasteiger partial charge < -0.3 is 9.84 Å². The molecule has 1 N–H and O–H groups in total. The first-order chi connectivity index (χ1) is 9.47. The molecule has 0 radical (unpaired) electrons. The minimum Gasteiger partial charge on any atom is -0.488 e. The quantitative estimate of drug-likeness (QED) is 0.807. The molecule has 2 aromatic carbocycles. The summed E-state index contributed by atoms with van der Waals surface area (Å²) >= 11 is 2.08. The van der Waals surface area contributed by atoms with Gasteiger partial charge in [-0.15, -0.1) is 0 Å². The standard InChI is InChI=1S/C16H15IO3/c1-10-3-4-12(7-11(10)2)9-20-15-6-5-13(17)8-14(15)16(18)19/h3-8H,9H2,1-2H3,(H,18,19). The van der Waals surface area contributed by atoms with Crippen LogP contribution in [0.25, 0.3) is 0 Å². The van der Waals surface area contributed by atoms with Crippen molar-refractivity contribution in [1.29, 1.82) is 0 Å². The molecule has 0 atom stereocenters. The number of rotatable bonds is 4. The van der Waals surface area contributed by atoms with E-state index in [1.807, 2.05) is 25.1 Å². The summed E-state index contributed by atoms with van der Waals surface area (Å²) in [6, 6.07) is 11.2.